The summed E-state index contributed by atoms with van der Waals surface area (Å²) in [6.07, 6.45) is -2.75. The third-order valence-corrected chi connectivity index (χ3v) is 5.31. The highest BCUT2D eigenvalue weighted by Gasteiger charge is 2.31. The minimum Gasteiger partial charge on any atom is -0.406 e. The van der Waals surface area contributed by atoms with E-state index in [9.17, 15) is 22.8 Å². The maximum Gasteiger partial charge on any atom is 0.573 e. The molecule has 0 spiro atoms. The molecule has 0 unspecified atom stereocenters. The van der Waals surface area contributed by atoms with Gasteiger partial charge in [-0.1, -0.05) is 0 Å². The van der Waals surface area contributed by atoms with Crippen molar-refractivity contribution in [3.63, 3.8) is 0 Å². The third kappa shape index (κ3) is 5.07. The zero-order chi connectivity index (χ0) is 23.9. The van der Waals surface area contributed by atoms with Crippen molar-refractivity contribution in [2.45, 2.75) is 32.0 Å². The molecule has 174 valence electrons. The Bertz CT molecular complexity index is 1220. The van der Waals surface area contributed by atoms with Gasteiger partial charge in [0.25, 0.3) is 5.91 Å². The number of aryl methyl sites for hydroxylation is 2. The lowest BCUT2D eigenvalue weighted by molar-refractivity contribution is -0.274. The van der Waals surface area contributed by atoms with Crippen molar-refractivity contribution in [3.8, 4) is 5.75 Å². The van der Waals surface area contributed by atoms with Crippen LogP contribution in [0.25, 0.3) is 11.0 Å². The maximum absolute atomic E-state index is 13.2. The van der Waals surface area contributed by atoms with Crippen molar-refractivity contribution in [1.29, 1.82) is 0 Å². The predicted molar refractivity (Wildman–Crippen MR) is 114 cm³/mol. The zero-order valence-corrected chi connectivity index (χ0v) is 18.2. The van der Waals surface area contributed by atoms with E-state index in [0.717, 1.165) is 30.7 Å². The largest absolute Gasteiger partial charge is 0.573 e. The SMILES string of the molecule is Cc1nn(C)c2nc(C3CC3)cc(C(=O)N(C)CC(=O)Nc3ccc(OC(F)(F)F)cc3)c12. The number of nitrogens with zero attached hydrogens (tertiary/aromatic N) is 4. The van der Waals surface area contributed by atoms with Crippen LogP contribution in [0.4, 0.5) is 18.9 Å². The molecule has 33 heavy (non-hydrogen) atoms. The average molecular weight is 461 g/mol. The molecule has 2 aromatic heterocycles. The molecule has 11 heteroatoms. The lowest BCUT2D eigenvalue weighted by Crippen LogP contribution is -2.35. The molecule has 1 aliphatic carbocycles. The van der Waals surface area contributed by atoms with Crippen LogP contribution in [0, 0.1) is 6.92 Å². The number of aromatic nitrogens is 3. The Labute approximate surface area is 187 Å². The lowest BCUT2D eigenvalue weighted by Gasteiger charge is -2.18. The van der Waals surface area contributed by atoms with Gasteiger partial charge in [-0.3, -0.25) is 14.3 Å². The van der Waals surface area contributed by atoms with E-state index in [1.54, 1.807) is 24.7 Å². The first kappa shape index (κ1) is 22.6. The first-order valence-corrected chi connectivity index (χ1v) is 10.3. The summed E-state index contributed by atoms with van der Waals surface area (Å²) in [5.74, 6) is -0.905. The van der Waals surface area contributed by atoms with E-state index in [-0.39, 0.29) is 18.1 Å². The molecule has 3 aromatic rings. The smallest absolute Gasteiger partial charge is 0.406 e. The second-order valence-corrected chi connectivity index (χ2v) is 8.06. The number of carbonyl (C=O) groups is 2. The Morgan fingerprint density at radius 2 is 1.91 bits per heavy atom. The fourth-order valence-corrected chi connectivity index (χ4v) is 3.65. The highest BCUT2D eigenvalue weighted by Crippen LogP contribution is 2.40. The van der Waals surface area contributed by atoms with Crippen molar-refractivity contribution in [3.05, 3.63) is 47.3 Å². The summed E-state index contributed by atoms with van der Waals surface area (Å²) in [5.41, 5.74) is 2.86. The van der Waals surface area contributed by atoms with Crippen LogP contribution >= 0.6 is 0 Å². The van der Waals surface area contributed by atoms with Gasteiger partial charge in [0.15, 0.2) is 5.65 Å². The van der Waals surface area contributed by atoms with E-state index in [2.05, 4.69) is 20.1 Å². The molecule has 1 aliphatic rings. The van der Waals surface area contributed by atoms with Gasteiger partial charge < -0.3 is 15.0 Å². The van der Waals surface area contributed by atoms with Gasteiger partial charge in [-0.2, -0.15) is 5.10 Å². The molecule has 2 amide bonds. The van der Waals surface area contributed by atoms with Gasteiger partial charge in [-0.05, 0) is 50.1 Å². The number of nitrogens with one attached hydrogen (secondary N) is 1. The van der Waals surface area contributed by atoms with Crippen LogP contribution < -0.4 is 10.1 Å². The zero-order valence-electron chi connectivity index (χ0n) is 18.2. The van der Waals surface area contributed by atoms with Gasteiger partial charge in [0.05, 0.1) is 23.2 Å². The molecule has 0 bridgehead atoms. The van der Waals surface area contributed by atoms with Crippen molar-refractivity contribution in [2.75, 3.05) is 18.9 Å². The number of benzene rings is 1. The molecule has 2 heterocycles. The predicted octanol–water partition coefficient (Wildman–Crippen LogP) is 3.76. The third-order valence-electron chi connectivity index (χ3n) is 5.31. The second kappa shape index (κ2) is 8.38. The molecule has 1 fully saturated rings. The average Bonchev–Trinajstić information content (AvgIpc) is 3.53. The number of hydrogen-bond acceptors (Lipinski definition) is 5. The molecule has 1 N–H and O–H groups in total. The first-order chi connectivity index (χ1) is 15.5. The van der Waals surface area contributed by atoms with Crippen LogP contribution in [0.2, 0.25) is 0 Å². The normalized spacial score (nSPS) is 13.8. The molecule has 8 nitrogen and oxygen atoms in total. The minimum atomic E-state index is -4.79. The number of likely N-dealkylation sites (N-methyl/N-ethyl adjacent to an activating group) is 1. The van der Waals surface area contributed by atoms with E-state index in [1.807, 2.05) is 0 Å². The fraction of sp³-hybridized carbons (Fsp3) is 0.364. The van der Waals surface area contributed by atoms with Gasteiger partial charge in [0.2, 0.25) is 5.91 Å². The van der Waals surface area contributed by atoms with Crippen LogP contribution in [-0.2, 0) is 11.8 Å². The number of fused-ring (bicyclic) bond motifs is 1. The van der Waals surface area contributed by atoms with Crippen molar-refractivity contribution < 1.29 is 27.5 Å². The topological polar surface area (TPSA) is 89.4 Å². The molecule has 1 saturated carbocycles. The quantitative estimate of drug-likeness (QED) is 0.604. The summed E-state index contributed by atoms with van der Waals surface area (Å²) in [6.45, 7) is 1.55. The number of amides is 2. The van der Waals surface area contributed by atoms with Gasteiger partial charge in [-0.25, -0.2) is 4.98 Å². The van der Waals surface area contributed by atoms with E-state index in [4.69, 9.17) is 0 Å². The lowest BCUT2D eigenvalue weighted by atomic mass is 10.1. The van der Waals surface area contributed by atoms with Crippen LogP contribution in [0.3, 0.4) is 0 Å². The molecule has 0 atom stereocenters. The summed E-state index contributed by atoms with van der Waals surface area (Å²) >= 11 is 0. The van der Waals surface area contributed by atoms with Crippen LogP contribution in [-0.4, -0.2) is 51.4 Å². The Morgan fingerprint density at radius 3 is 2.52 bits per heavy atom. The summed E-state index contributed by atoms with van der Waals surface area (Å²) in [5, 5.41) is 7.60. The molecule has 0 aliphatic heterocycles. The van der Waals surface area contributed by atoms with Crippen LogP contribution in [0.1, 0.15) is 40.5 Å². The second-order valence-electron chi connectivity index (χ2n) is 8.06. The van der Waals surface area contributed by atoms with Gasteiger partial charge in [0.1, 0.15) is 5.75 Å². The molecular weight excluding hydrogens is 439 g/mol. The van der Waals surface area contributed by atoms with E-state index < -0.39 is 18.0 Å². The van der Waals surface area contributed by atoms with Crippen LogP contribution in [0.15, 0.2) is 30.3 Å². The molecular formula is C22H22F3N5O3. The highest BCUT2D eigenvalue weighted by atomic mass is 19.4. The Kier molecular flexibility index (Phi) is 5.73. The number of halogens is 3. The number of rotatable bonds is 6. The Morgan fingerprint density at radius 1 is 1.24 bits per heavy atom. The van der Waals surface area contributed by atoms with Gasteiger partial charge in [0, 0.05) is 31.4 Å². The number of alkyl halides is 3. The highest BCUT2D eigenvalue weighted by molar-refractivity contribution is 6.08. The van der Waals surface area contributed by atoms with Crippen molar-refractivity contribution in [2.24, 2.45) is 7.05 Å². The summed E-state index contributed by atoms with van der Waals surface area (Å²) < 4.78 is 42.3. The van der Waals surface area contributed by atoms with Gasteiger partial charge in [-0.15, -0.1) is 13.2 Å². The molecule has 0 saturated heterocycles. The number of anilines is 1. The number of hydrogen-bond donors (Lipinski definition) is 1. The Hall–Kier alpha value is -3.63. The maximum atomic E-state index is 13.2. The standard InChI is InChI=1S/C22H22F3N5O3/c1-12-19-16(10-17(13-4-5-13)27-20(19)30(3)28-12)21(32)29(2)11-18(31)26-14-6-8-15(9-7-14)33-22(23,24)25/h6-10,13H,4-5,11H2,1-3H3,(H,26,31). The minimum absolute atomic E-state index is 0.248. The summed E-state index contributed by atoms with van der Waals surface area (Å²) in [7, 11) is 3.28. The number of carbonyl (C=O) groups excluding carboxylic acids is 2. The molecule has 0 radical (unpaired) electrons. The van der Waals surface area contributed by atoms with Crippen molar-refractivity contribution >= 4 is 28.5 Å². The summed E-state index contributed by atoms with van der Waals surface area (Å²) in [6, 6.07) is 6.54. The van der Waals surface area contributed by atoms with E-state index in [1.165, 1.54) is 24.1 Å². The summed E-state index contributed by atoms with van der Waals surface area (Å²) in [4.78, 5) is 31.6. The van der Waals surface area contributed by atoms with Crippen LogP contribution in [0.5, 0.6) is 5.75 Å². The van der Waals surface area contributed by atoms with Crippen molar-refractivity contribution in [1.82, 2.24) is 19.7 Å². The molecule has 4 rings (SSSR count). The number of ether oxygens (including phenoxy) is 1. The van der Waals surface area contributed by atoms with E-state index in [0.29, 0.717) is 28.2 Å². The first-order valence-electron chi connectivity index (χ1n) is 10.3. The number of pyridine rings is 1. The van der Waals surface area contributed by atoms with Gasteiger partial charge >= 0.3 is 6.36 Å². The fourth-order valence-electron chi connectivity index (χ4n) is 3.65. The molecule has 1 aromatic carbocycles. The monoisotopic (exact) mass is 461 g/mol. The van der Waals surface area contributed by atoms with E-state index >= 15 is 0 Å². The Balaban J connectivity index is 1.47.